The van der Waals surface area contributed by atoms with Gasteiger partial charge in [-0.15, -0.1) is 0 Å². The molecule has 0 bridgehead atoms. The number of nitrogens with one attached hydrogen (secondary N) is 1. The minimum atomic E-state index is 0.665. The summed E-state index contributed by atoms with van der Waals surface area (Å²) >= 11 is 0. The number of hydrogen-bond acceptors (Lipinski definition) is 2. The second-order valence-corrected chi connectivity index (χ2v) is 6.69. The fourth-order valence-corrected chi connectivity index (χ4v) is 3.37. The highest BCUT2D eigenvalue weighted by molar-refractivity contribution is 4.80. The molecule has 108 valence electrons. The number of rotatable bonds is 7. The van der Waals surface area contributed by atoms with E-state index >= 15 is 0 Å². The van der Waals surface area contributed by atoms with Crippen molar-refractivity contribution in [1.82, 2.24) is 10.2 Å². The summed E-state index contributed by atoms with van der Waals surface area (Å²) < 4.78 is 0. The van der Waals surface area contributed by atoms with E-state index in [0.717, 1.165) is 24.4 Å². The monoisotopic (exact) mass is 254 g/mol. The molecule has 0 aromatic carbocycles. The maximum Gasteiger partial charge on any atom is 0.0237 e. The van der Waals surface area contributed by atoms with Crippen molar-refractivity contribution in [3.8, 4) is 0 Å². The first kappa shape index (κ1) is 16.0. The summed E-state index contributed by atoms with van der Waals surface area (Å²) in [6, 6.07) is 1.44. The Morgan fingerprint density at radius 1 is 1.11 bits per heavy atom. The zero-order chi connectivity index (χ0) is 13.5. The van der Waals surface area contributed by atoms with Gasteiger partial charge in [0.15, 0.2) is 0 Å². The van der Waals surface area contributed by atoms with Crippen LogP contribution in [-0.4, -0.2) is 37.6 Å². The summed E-state index contributed by atoms with van der Waals surface area (Å²) in [6.07, 6.45) is 8.48. The van der Waals surface area contributed by atoms with E-state index in [-0.39, 0.29) is 0 Å². The van der Waals surface area contributed by atoms with Crippen LogP contribution in [0.4, 0.5) is 0 Å². The van der Waals surface area contributed by atoms with Crippen molar-refractivity contribution < 1.29 is 0 Å². The molecule has 0 spiro atoms. The van der Waals surface area contributed by atoms with Crippen LogP contribution in [0.1, 0.15) is 59.3 Å². The van der Waals surface area contributed by atoms with Gasteiger partial charge in [0.2, 0.25) is 0 Å². The van der Waals surface area contributed by atoms with Gasteiger partial charge in [0.05, 0.1) is 0 Å². The number of nitrogens with zero attached hydrogens (tertiary/aromatic N) is 1. The lowest BCUT2D eigenvalue weighted by molar-refractivity contribution is 0.203. The summed E-state index contributed by atoms with van der Waals surface area (Å²) in [4.78, 5) is 2.36. The smallest absolute Gasteiger partial charge is 0.0237 e. The van der Waals surface area contributed by atoms with Crippen molar-refractivity contribution in [2.24, 2.45) is 11.8 Å². The SMILES string of the molecule is CCCC1CCC(NCC(C(C)C)N(C)C)CC1. The predicted octanol–water partition coefficient (Wildman–Crippen LogP) is 3.52. The Balaban J connectivity index is 2.24. The molecular formula is C16H34N2. The van der Waals surface area contributed by atoms with Crippen LogP contribution in [0.15, 0.2) is 0 Å². The Bertz CT molecular complexity index is 197. The quantitative estimate of drug-likeness (QED) is 0.748. The predicted molar refractivity (Wildman–Crippen MR) is 81.0 cm³/mol. The summed E-state index contributed by atoms with van der Waals surface area (Å²) in [7, 11) is 4.40. The average Bonchev–Trinajstić information content (AvgIpc) is 2.31. The summed E-state index contributed by atoms with van der Waals surface area (Å²) in [5, 5.41) is 3.81. The first-order valence-corrected chi connectivity index (χ1v) is 7.94. The first-order chi connectivity index (χ1) is 8.54. The Morgan fingerprint density at radius 3 is 2.17 bits per heavy atom. The second-order valence-electron chi connectivity index (χ2n) is 6.69. The van der Waals surface area contributed by atoms with Crippen LogP contribution < -0.4 is 5.32 Å². The van der Waals surface area contributed by atoms with Crippen molar-refractivity contribution in [3.63, 3.8) is 0 Å². The molecular weight excluding hydrogens is 220 g/mol. The highest BCUT2D eigenvalue weighted by Gasteiger charge is 2.22. The fraction of sp³-hybridized carbons (Fsp3) is 1.00. The van der Waals surface area contributed by atoms with Gasteiger partial charge in [-0.05, 0) is 51.6 Å². The molecule has 1 saturated carbocycles. The lowest BCUT2D eigenvalue weighted by atomic mass is 9.83. The van der Waals surface area contributed by atoms with E-state index in [9.17, 15) is 0 Å². The molecule has 1 N–H and O–H groups in total. The zero-order valence-electron chi connectivity index (χ0n) is 13.2. The van der Waals surface area contributed by atoms with Gasteiger partial charge in [-0.2, -0.15) is 0 Å². The molecule has 1 unspecified atom stereocenters. The average molecular weight is 254 g/mol. The van der Waals surface area contributed by atoms with E-state index in [1.807, 2.05) is 0 Å². The van der Waals surface area contributed by atoms with Gasteiger partial charge in [0.1, 0.15) is 0 Å². The standard InChI is InChI=1S/C16H34N2/c1-6-7-14-8-10-15(11-9-14)17-12-16(13(2)3)18(4)5/h13-17H,6-12H2,1-5H3. The molecule has 2 nitrogen and oxygen atoms in total. The molecule has 0 aromatic rings. The van der Waals surface area contributed by atoms with Crippen molar-refractivity contribution in [2.75, 3.05) is 20.6 Å². The van der Waals surface area contributed by atoms with Crippen molar-refractivity contribution in [2.45, 2.75) is 71.4 Å². The summed E-state index contributed by atoms with van der Waals surface area (Å²) in [6.45, 7) is 8.11. The van der Waals surface area contributed by atoms with Crippen LogP contribution >= 0.6 is 0 Å². The van der Waals surface area contributed by atoms with Gasteiger partial charge in [0, 0.05) is 18.6 Å². The van der Waals surface area contributed by atoms with E-state index in [4.69, 9.17) is 0 Å². The van der Waals surface area contributed by atoms with Gasteiger partial charge in [0.25, 0.3) is 0 Å². The first-order valence-electron chi connectivity index (χ1n) is 7.94. The molecule has 0 aromatic heterocycles. The van der Waals surface area contributed by atoms with Crippen LogP contribution in [0.2, 0.25) is 0 Å². The van der Waals surface area contributed by atoms with Gasteiger partial charge < -0.3 is 10.2 Å². The third-order valence-corrected chi connectivity index (χ3v) is 4.59. The van der Waals surface area contributed by atoms with Crippen molar-refractivity contribution in [1.29, 1.82) is 0 Å². The largest absolute Gasteiger partial charge is 0.312 e. The highest BCUT2D eigenvalue weighted by Crippen LogP contribution is 2.27. The van der Waals surface area contributed by atoms with E-state index in [2.05, 4.69) is 45.1 Å². The topological polar surface area (TPSA) is 15.3 Å². The molecule has 0 heterocycles. The van der Waals surface area contributed by atoms with Gasteiger partial charge in [-0.25, -0.2) is 0 Å². The lowest BCUT2D eigenvalue weighted by Crippen LogP contribution is -2.45. The van der Waals surface area contributed by atoms with Crippen LogP contribution in [0.5, 0.6) is 0 Å². The van der Waals surface area contributed by atoms with E-state index < -0.39 is 0 Å². The normalized spacial score (nSPS) is 26.8. The minimum Gasteiger partial charge on any atom is -0.312 e. The summed E-state index contributed by atoms with van der Waals surface area (Å²) in [5.41, 5.74) is 0. The zero-order valence-corrected chi connectivity index (χ0v) is 13.2. The molecule has 1 fully saturated rings. The summed E-state index contributed by atoms with van der Waals surface area (Å²) in [5.74, 6) is 1.74. The maximum atomic E-state index is 3.81. The van der Waals surface area contributed by atoms with Crippen LogP contribution in [0, 0.1) is 11.8 Å². The fourth-order valence-electron chi connectivity index (χ4n) is 3.37. The second kappa shape index (κ2) is 8.16. The molecule has 0 aliphatic heterocycles. The van der Waals surface area contributed by atoms with E-state index in [1.54, 1.807) is 0 Å². The number of likely N-dealkylation sites (N-methyl/N-ethyl adjacent to an activating group) is 1. The van der Waals surface area contributed by atoms with Crippen molar-refractivity contribution in [3.05, 3.63) is 0 Å². The third-order valence-electron chi connectivity index (χ3n) is 4.59. The van der Waals surface area contributed by atoms with Crippen LogP contribution in [0.3, 0.4) is 0 Å². The van der Waals surface area contributed by atoms with E-state index in [1.165, 1.54) is 38.5 Å². The Hall–Kier alpha value is -0.0800. The Labute approximate surface area is 115 Å². The molecule has 0 amide bonds. The highest BCUT2D eigenvalue weighted by atomic mass is 15.1. The molecule has 1 atom stereocenters. The van der Waals surface area contributed by atoms with E-state index in [0.29, 0.717) is 6.04 Å². The van der Waals surface area contributed by atoms with Crippen molar-refractivity contribution >= 4 is 0 Å². The third kappa shape index (κ3) is 5.27. The lowest BCUT2D eigenvalue weighted by Gasteiger charge is -2.33. The minimum absolute atomic E-state index is 0.665. The molecule has 0 saturated heterocycles. The number of hydrogen-bond donors (Lipinski definition) is 1. The van der Waals surface area contributed by atoms with Gasteiger partial charge in [-0.1, -0.05) is 33.6 Å². The Kier molecular flexibility index (Phi) is 7.25. The Morgan fingerprint density at radius 2 is 1.72 bits per heavy atom. The molecule has 1 aliphatic rings. The molecule has 2 heteroatoms. The van der Waals surface area contributed by atoms with Crippen LogP contribution in [-0.2, 0) is 0 Å². The van der Waals surface area contributed by atoms with Crippen LogP contribution in [0.25, 0.3) is 0 Å². The molecule has 0 radical (unpaired) electrons. The molecule has 1 rings (SSSR count). The van der Waals surface area contributed by atoms with Gasteiger partial charge >= 0.3 is 0 Å². The molecule has 1 aliphatic carbocycles. The van der Waals surface area contributed by atoms with Gasteiger partial charge in [-0.3, -0.25) is 0 Å². The molecule has 18 heavy (non-hydrogen) atoms. The maximum absolute atomic E-state index is 3.81.